The number of nitrogens with one attached hydrogen (secondary N) is 1. The molecule has 1 spiro atoms. The Labute approximate surface area is 119 Å². The molecule has 0 aromatic heterocycles. The second kappa shape index (κ2) is 5.60. The van der Waals surface area contributed by atoms with E-state index in [1.165, 1.54) is 0 Å². The summed E-state index contributed by atoms with van der Waals surface area (Å²) in [4.78, 5) is 0. The highest BCUT2D eigenvalue weighted by Gasteiger charge is 2.42. The van der Waals surface area contributed by atoms with E-state index in [-0.39, 0.29) is 6.04 Å². The van der Waals surface area contributed by atoms with Gasteiger partial charge in [0.05, 0.1) is 27.4 Å². The van der Waals surface area contributed by atoms with Crippen molar-refractivity contribution < 1.29 is 18.9 Å². The Morgan fingerprint density at radius 2 is 2.00 bits per heavy atom. The number of piperidine rings is 1. The number of ether oxygens (including phenoxy) is 4. The number of hydrogen-bond acceptors (Lipinski definition) is 5. The van der Waals surface area contributed by atoms with Crippen LogP contribution in [0.15, 0.2) is 18.2 Å². The minimum absolute atomic E-state index is 0.145. The fraction of sp³-hybridized carbons (Fsp3) is 0.600. The summed E-state index contributed by atoms with van der Waals surface area (Å²) in [7, 11) is 3.36. The summed E-state index contributed by atoms with van der Waals surface area (Å²) < 4.78 is 22.4. The summed E-state index contributed by atoms with van der Waals surface area (Å²) >= 11 is 0. The van der Waals surface area contributed by atoms with Crippen LogP contribution in [0.25, 0.3) is 0 Å². The third-order valence-corrected chi connectivity index (χ3v) is 4.04. The molecule has 20 heavy (non-hydrogen) atoms. The van der Waals surface area contributed by atoms with Gasteiger partial charge in [0.25, 0.3) is 0 Å². The molecule has 0 aliphatic carbocycles. The number of methoxy groups -OCH3 is 2. The second-order valence-electron chi connectivity index (χ2n) is 5.18. The third-order valence-electron chi connectivity index (χ3n) is 4.04. The van der Waals surface area contributed by atoms with Gasteiger partial charge < -0.3 is 24.3 Å². The molecule has 2 fully saturated rings. The molecule has 110 valence electrons. The van der Waals surface area contributed by atoms with Gasteiger partial charge >= 0.3 is 0 Å². The van der Waals surface area contributed by atoms with Gasteiger partial charge in [0.1, 0.15) is 11.5 Å². The SMILES string of the molecule is COc1ccc(OC)c(C2CC3(CCN2)OCCO3)c1. The van der Waals surface area contributed by atoms with Gasteiger partial charge in [0.15, 0.2) is 5.79 Å². The Morgan fingerprint density at radius 3 is 2.70 bits per heavy atom. The summed E-state index contributed by atoms with van der Waals surface area (Å²) in [5.41, 5.74) is 1.09. The van der Waals surface area contributed by atoms with Crippen LogP contribution in [0.1, 0.15) is 24.4 Å². The lowest BCUT2D eigenvalue weighted by atomic mass is 9.92. The first-order valence-electron chi connectivity index (χ1n) is 6.99. The third kappa shape index (κ3) is 2.49. The lowest BCUT2D eigenvalue weighted by molar-refractivity contribution is -0.180. The van der Waals surface area contributed by atoms with Gasteiger partial charge in [0.2, 0.25) is 0 Å². The van der Waals surface area contributed by atoms with Gasteiger partial charge in [0, 0.05) is 31.0 Å². The highest BCUT2D eigenvalue weighted by atomic mass is 16.7. The first-order valence-corrected chi connectivity index (χ1v) is 6.99. The molecule has 1 atom stereocenters. The first-order chi connectivity index (χ1) is 9.76. The van der Waals surface area contributed by atoms with E-state index in [1.807, 2.05) is 18.2 Å². The van der Waals surface area contributed by atoms with Crippen molar-refractivity contribution in [3.05, 3.63) is 23.8 Å². The molecular weight excluding hydrogens is 258 g/mol. The van der Waals surface area contributed by atoms with Crippen molar-refractivity contribution in [2.75, 3.05) is 34.0 Å². The van der Waals surface area contributed by atoms with E-state index in [1.54, 1.807) is 14.2 Å². The standard InChI is InChI=1S/C15H21NO4/c1-17-11-3-4-14(18-2)12(9-11)13-10-15(5-6-16-13)19-7-8-20-15/h3-4,9,13,16H,5-8,10H2,1-2H3. The van der Waals surface area contributed by atoms with Gasteiger partial charge in [-0.1, -0.05) is 0 Å². The van der Waals surface area contributed by atoms with Crippen LogP contribution in [-0.4, -0.2) is 39.8 Å². The van der Waals surface area contributed by atoms with Crippen molar-refractivity contribution in [2.45, 2.75) is 24.7 Å². The maximum absolute atomic E-state index is 5.83. The van der Waals surface area contributed by atoms with Crippen molar-refractivity contribution in [2.24, 2.45) is 0 Å². The maximum atomic E-state index is 5.83. The van der Waals surface area contributed by atoms with Crippen LogP contribution >= 0.6 is 0 Å². The molecule has 0 bridgehead atoms. The van der Waals surface area contributed by atoms with Crippen LogP contribution < -0.4 is 14.8 Å². The lowest BCUT2D eigenvalue weighted by Crippen LogP contribution is -2.44. The fourth-order valence-electron chi connectivity index (χ4n) is 3.01. The lowest BCUT2D eigenvalue weighted by Gasteiger charge is -2.37. The molecule has 0 radical (unpaired) electrons. The van der Waals surface area contributed by atoms with E-state index in [2.05, 4.69) is 5.32 Å². The monoisotopic (exact) mass is 279 g/mol. The first kappa shape index (κ1) is 13.7. The predicted octanol–water partition coefficient (Wildman–Crippen LogP) is 1.87. The van der Waals surface area contributed by atoms with Crippen molar-refractivity contribution >= 4 is 0 Å². The molecule has 0 saturated carbocycles. The zero-order valence-electron chi connectivity index (χ0n) is 12.0. The molecule has 1 aromatic carbocycles. The Morgan fingerprint density at radius 1 is 1.20 bits per heavy atom. The summed E-state index contributed by atoms with van der Waals surface area (Å²) in [6, 6.07) is 6.01. The molecule has 5 heteroatoms. The maximum Gasteiger partial charge on any atom is 0.171 e. The Bertz CT molecular complexity index is 471. The van der Waals surface area contributed by atoms with Crippen LogP contribution in [0.2, 0.25) is 0 Å². The molecule has 0 amide bonds. The van der Waals surface area contributed by atoms with Crippen LogP contribution in [0.5, 0.6) is 11.5 Å². The van der Waals surface area contributed by atoms with E-state index in [0.29, 0.717) is 13.2 Å². The number of rotatable bonds is 3. The minimum Gasteiger partial charge on any atom is -0.497 e. The van der Waals surface area contributed by atoms with Crippen LogP contribution in [-0.2, 0) is 9.47 Å². The van der Waals surface area contributed by atoms with Gasteiger partial charge in [-0.25, -0.2) is 0 Å². The van der Waals surface area contributed by atoms with Gasteiger partial charge in [-0.3, -0.25) is 0 Å². The van der Waals surface area contributed by atoms with Crippen molar-refractivity contribution in [3.63, 3.8) is 0 Å². The highest BCUT2D eigenvalue weighted by Crippen LogP contribution is 2.40. The largest absolute Gasteiger partial charge is 0.497 e. The summed E-state index contributed by atoms with van der Waals surface area (Å²) in [5, 5.41) is 3.52. The van der Waals surface area contributed by atoms with Crippen molar-refractivity contribution in [1.29, 1.82) is 0 Å². The molecule has 2 saturated heterocycles. The van der Waals surface area contributed by atoms with E-state index in [4.69, 9.17) is 18.9 Å². The van der Waals surface area contributed by atoms with Crippen LogP contribution in [0.3, 0.4) is 0 Å². The quantitative estimate of drug-likeness (QED) is 0.915. The van der Waals surface area contributed by atoms with Crippen LogP contribution in [0, 0.1) is 0 Å². The molecule has 1 N–H and O–H groups in total. The Kier molecular flexibility index (Phi) is 3.83. The van der Waals surface area contributed by atoms with E-state index in [9.17, 15) is 0 Å². The van der Waals surface area contributed by atoms with Crippen molar-refractivity contribution in [1.82, 2.24) is 5.32 Å². The average Bonchev–Trinajstić information content (AvgIpc) is 2.94. The zero-order valence-corrected chi connectivity index (χ0v) is 12.0. The normalized spacial score (nSPS) is 24.8. The van der Waals surface area contributed by atoms with Gasteiger partial charge in [-0.15, -0.1) is 0 Å². The summed E-state index contributed by atoms with van der Waals surface area (Å²) in [6.07, 6.45) is 1.67. The van der Waals surface area contributed by atoms with Crippen LogP contribution in [0.4, 0.5) is 0 Å². The van der Waals surface area contributed by atoms with E-state index in [0.717, 1.165) is 36.4 Å². The number of benzene rings is 1. The molecule has 1 unspecified atom stereocenters. The number of hydrogen-bond donors (Lipinski definition) is 1. The smallest absolute Gasteiger partial charge is 0.171 e. The molecule has 2 aliphatic rings. The van der Waals surface area contributed by atoms with E-state index >= 15 is 0 Å². The predicted molar refractivity (Wildman–Crippen MR) is 74.2 cm³/mol. The topological polar surface area (TPSA) is 49.0 Å². The second-order valence-corrected chi connectivity index (χ2v) is 5.18. The molecule has 2 heterocycles. The minimum atomic E-state index is -0.427. The fourth-order valence-corrected chi connectivity index (χ4v) is 3.01. The Hall–Kier alpha value is -1.30. The zero-order chi connectivity index (χ0) is 14.0. The van der Waals surface area contributed by atoms with Crippen molar-refractivity contribution in [3.8, 4) is 11.5 Å². The van der Waals surface area contributed by atoms with Gasteiger partial charge in [-0.05, 0) is 18.2 Å². The van der Waals surface area contributed by atoms with E-state index < -0.39 is 5.79 Å². The molecule has 1 aromatic rings. The highest BCUT2D eigenvalue weighted by molar-refractivity contribution is 5.42. The molecule has 2 aliphatic heterocycles. The average molecular weight is 279 g/mol. The van der Waals surface area contributed by atoms with Gasteiger partial charge in [-0.2, -0.15) is 0 Å². The molecule has 3 rings (SSSR count). The molecule has 5 nitrogen and oxygen atoms in total. The summed E-state index contributed by atoms with van der Waals surface area (Å²) in [6.45, 7) is 2.23. The Balaban J connectivity index is 1.87. The summed E-state index contributed by atoms with van der Waals surface area (Å²) in [5.74, 6) is 1.26. The molecular formula is C15H21NO4.